The molecule has 1 aromatic carbocycles. The zero-order chi connectivity index (χ0) is 16.9. The van der Waals surface area contributed by atoms with Crippen LogP contribution in [0.1, 0.15) is 6.42 Å². The van der Waals surface area contributed by atoms with Crippen LogP contribution in [0.2, 0.25) is 5.02 Å². The minimum absolute atomic E-state index is 0.194. The van der Waals surface area contributed by atoms with E-state index in [9.17, 15) is 4.79 Å². The lowest BCUT2D eigenvalue weighted by Crippen LogP contribution is -2.47. The minimum atomic E-state index is -0.313. The smallest absolute Gasteiger partial charge is 0.292 e. The Morgan fingerprint density at radius 3 is 2.54 bits per heavy atom. The second kappa shape index (κ2) is 7.47. The number of halogens is 1. The first kappa shape index (κ1) is 16.5. The highest BCUT2D eigenvalue weighted by Crippen LogP contribution is 2.23. The van der Waals surface area contributed by atoms with Crippen molar-refractivity contribution in [2.24, 2.45) is 0 Å². The van der Waals surface area contributed by atoms with Crippen LogP contribution in [0.4, 0.5) is 5.69 Å². The summed E-state index contributed by atoms with van der Waals surface area (Å²) in [6.45, 7) is 4.01. The quantitative estimate of drug-likeness (QED) is 0.848. The van der Waals surface area contributed by atoms with Crippen molar-refractivity contribution < 1.29 is 0 Å². The van der Waals surface area contributed by atoms with Crippen LogP contribution in [0, 0.1) is 11.3 Å². The van der Waals surface area contributed by atoms with Crippen LogP contribution in [0.3, 0.4) is 0 Å². The summed E-state index contributed by atoms with van der Waals surface area (Å²) in [6, 6.07) is 11.4. The molecule has 1 fully saturated rings. The van der Waals surface area contributed by atoms with E-state index >= 15 is 0 Å². The van der Waals surface area contributed by atoms with Gasteiger partial charge in [-0.2, -0.15) is 15.0 Å². The second-order valence-electron chi connectivity index (χ2n) is 5.63. The second-order valence-corrected chi connectivity index (χ2v) is 6.01. The number of nitriles is 1. The highest BCUT2D eigenvalue weighted by atomic mass is 35.5. The van der Waals surface area contributed by atoms with Gasteiger partial charge in [0.2, 0.25) is 0 Å². The van der Waals surface area contributed by atoms with E-state index in [1.807, 2.05) is 30.3 Å². The summed E-state index contributed by atoms with van der Waals surface area (Å²) >= 11 is 6.33. The third-order valence-electron chi connectivity index (χ3n) is 4.15. The molecule has 0 amide bonds. The third-order valence-corrected chi connectivity index (χ3v) is 4.51. The van der Waals surface area contributed by atoms with Crippen molar-refractivity contribution in [3.05, 3.63) is 51.9 Å². The van der Waals surface area contributed by atoms with Crippen molar-refractivity contribution in [3.8, 4) is 11.8 Å². The van der Waals surface area contributed by atoms with Crippen LogP contribution in [0.25, 0.3) is 5.69 Å². The summed E-state index contributed by atoms with van der Waals surface area (Å²) in [7, 11) is 0. The molecule has 1 aliphatic rings. The lowest BCUT2D eigenvalue weighted by atomic mass is 10.2. The van der Waals surface area contributed by atoms with Gasteiger partial charge in [-0.1, -0.05) is 29.8 Å². The van der Waals surface area contributed by atoms with Gasteiger partial charge in [-0.3, -0.25) is 9.69 Å². The maximum absolute atomic E-state index is 12.5. The molecule has 0 bridgehead atoms. The molecule has 0 saturated carbocycles. The molecule has 0 atom stereocenters. The molecule has 0 radical (unpaired) electrons. The molecule has 3 rings (SSSR count). The van der Waals surface area contributed by atoms with Crippen LogP contribution >= 0.6 is 11.6 Å². The predicted octanol–water partition coefficient (Wildman–Crippen LogP) is 1.92. The fourth-order valence-corrected chi connectivity index (χ4v) is 3.07. The number of hydrogen-bond acceptors (Lipinski definition) is 5. The Bertz CT molecular complexity index is 791. The highest BCUT2D eigenvalue weighted by Gasteiger charge is 2.21. The summed E-state index contributed by atoms with van der Waals surface area (Å²) in [5.74, 6) is 0. The third kappa shape index (κ3) is 3.42. The number of hydrogen-bond donors (Lipinski definition) is 0. The van der Waals surface area contributed by atoms with Crippen molar-refractivity contribution in [1.82, 2.24) is 14.7 Å². The van der Waals surface area contributed by atoms with Gasteiger partial charge in [0.05, 0.1) is 23.6 Å². The van der Waals surface area contributed by atoms with E-state index in [4.69, 9.17) is 16.9 Å². The first-order chi connectivity index (χ1) is 11.7. The van der Waals surface area contributed by atoms with Gasteiger partial charge < -0.3 is 4.90 Å². The van der Waals surface area contributed by atoms with Crippen LogP contribution in [0.15, 0.2) is 41.3 Å². The Balaban J connectivity index is 1.78. The van der Waals surface area contributed by atoms with Crippen LogP contribution in [-0.4, -0.2) is 47.4 Å². The molecule has 0 N–H and O–H groups in total. The molecule has 1 saturated heterocycles. The fraction of sp³-hybridized carbons (Fsp3) is 0.353. The van der Waals surface area contributed by atoms with E-state index < -0.39 is 0 Å². The summed E-state index contributed by atoms with van der Waals surface area (Å²) in [6.07, 6.45) is 2.19. The summed E-state index contributed by atoms with van der Waals surface area (Å²) < 4.78 is 1.31. The molecule has 24 heavy (non-hydrogen) atoms. The average molecular weight is 344 g/mol. The number of rotatable bonds is 4. The van der Waals surface area contributed by atoms with Crippen LogP contribution in [0.5, 0.6) is 0 Å². The molecule has 6 nitrogen and oxygen atoms in total. The Kier molecular flexibility index (Phi) is 5.14. The zero-order valence-corrected chi connectivity index (χ0v) is 14.0. The average Bonchev–Trinajstić information content (AvgIpc) is 2.63. The predicted molar refractivity (Wildman–Crippen MR) is 93.7 cm³/mol. The molecule has 7 heteroatoms. The topological polar surface area (TPSA) is 65.2 Å². The zero-order valence-electron chi connectivity index (χ0n) is 13.2. The molecule has 1 aromatic heterocycles. The lowest BCUT2D eigenvalue weighted by molar-refractivity contribution is 0.263. The van der Waals surface area contributed by atoms with Crippen LogP contribution in [-0.2, 0) is 0 Å². The SMILES string of the molecule is N#CCCN1CCN(c2cnn(-c3ccccc3)c(=O)c2Cl)CC1. The summed E-state index contributed by atoms with van der Waals surface area (Å²) in [5, 5.41) is 13.1. The first-order valence-electron chi connectivity index (χ1n) is 7.88. The van der Waals surface area contributed by atoms with Gasteiger partial charge in [0.25, 0.3) is 5.56 Å². The van der Waals surface area contributed by atoms with Gasteiger partial charge >= 0.3 is 0 Å². The number of anilines is 1. The van der Waals surface area contributed by atoms with Crippen LogP contribution < -0.4 is 10.5 Å². The summed E-state index contributed by atoms with van der Waals surface area (Å²) in [5.41, 5.74) is 1.05. The molecular weight excluding hydrogens is 326 g/mol. The Morgan fingerprint density at radius 2 is 1.88 bits per heavy atom. The number of para-hydroxylation sites is 1. The summed E-state index contributed by atoms with van der Waals surface area (Å²) in [4.78, 5) is 16.9. The lowest BCUT2D eigenvalue weighted by Gasteiger charge is -2.35. The standard InChI is InChI=1S/C17H18ClN5O/c18-16-15(22-11-9-21(10-12-22)8-4-7-19)13-20-23(17(16)24)14-5-2-1-3-6-14/h1-3,5-6,13H,4,8-12H2. The van der Waals surface area contributed by atoms with Crippen molar-refractivity contribution in [2.45, 2.75) is 6.42 Å². The maximum Gasteiger partial charge on any atom is 0.292 e. The van der Waals surface area contributed by atoms with Crippen molar-refractivity contribution >= 4 is 17.3 Å². The largest absolute Gasteiger partial charge is 0.366 e. The monoisotopic (exact) mass is 343 g/mol. The first-order valence-corrected chi connectivity index (χ1v) is 8.26. The molecule has 1 aliphatic heterocycles. The molecule has 0 spiro atoms. The van der Waals surface area contributed by atoms with E-state index in [0.717, 1.165) is 32.7 Å². The number of benzene rings is 1. The van der Waals surface area contributed by atoms with Gasteiger partial charge in [0, 0.05) is 39.1 Å². The number of piperazine rings is 1. The molecule has 0 aliphatic carbocycles. The molecular formula is C17H18ClN5O. The number of nitrogens with zero attached hydrogens (tertiary/aromatic N) is 5. The van der Waals surface area contributed by atoms with Crippen molar-refractivity contribution in [2.75, 3.05) is 37.6 Å². The Morgan fingerprint density at radius 1 is 1.17 bits per heavy atom. The Hall–Kier alpha value is -2.36. The van der Waals surface area contributed by atoms with E-state index in [2.05, 4.69) is 21.0 Å². The minimum Gasteiger partial charge on any atom is -0.366 e. The highest BCUT2D eigenvalue weighted by molar-refractivity contribution is 6.33. The molecule has 2 aromatic rings. The van der Waals surface area contributed by atoms with Gasteiger partial charge in [-0.15, -0.1) is 0 Å². The van der Waals surface area contributed by atoms with E-state index in [0.29, 0.717) is 17.8 Å². The van der Waals surface area contributed by atoms with Gasteiger partial charge in [-0.25, -0.2) is 0 Å². The van der Waals surface area contributed by atoms with E-state index in [1.165, 1.54) is 4.68 Å². The van der Waals surface area contributed by atoms with Crippen molar-refractivity contribution in [3.63, 3.8) is 0 Å². The molecule has 2 heterocycles. The van der Waals surface area contributed by atoms with Gasteiger partial charge in [0.1, 0.15) is 5.02 Å². The van der Waals surface area contributed by atoms with E-state index in [-0.39, 0.29) is 10.6 Å². The number of aromatic nitrogens is 2. The van der Waals surface area contributed by atoms with Gasteiger partial charge in [0.15, 0.2) is 0 Å². The van der Waals surface area contributed by atoms with E-state index in [1.54, 1.807) is 6.20 Å². The maximum atomic E-state index is 12.5. The van der Waals surface area contributed by atoms with Crippen molar-refractivity contribution in [1.29, 1.82) is 5.26 Å². The molecule has 124 valence electrons. The Labute approximate surface area is 145 Å². The molecule has 0 unspecified atom stereocenters. The normalized spacial score (nSPS) is 15.2. The fourth-order valence-electron chi connectivity index (χ4n) is 2.82. The van der Waals surface area contributed by atoms with Gasteiger partial charge in [-0.05, 0) is 12.1 Å².